The van der Waals surface area contributed by atoms with Crippen molar-refractivity contribution in [2.75, 3.05) is 10.6 Å². The SMILES string of the molecule is CCc1ccc(NC(=O)c2cnn3c2NC(C(=O)O)=C[C@@H]3c2ccc(Br)cc2)cc1. The number of carbonyl (C=O) groups excluding carboxylic acids is 1. The predicted molar refractivity (Wildman–Crippen MR) is 118 cm³/mol. The minimum Gasteiger partial charge on any atom is -0.477 e. The van der Waals surface area contributed by atoms with Crippen LogP contribution in [0.4, 0.5) is 11.5 Å². The number of carbonyl (C=O) groups is 2. The van der Waals surface area contributed by atoms with Crippen LogP contribution < -0.4 is 10.6 Å². The number of rotatable bonds is 5. The third kappa shape index (κ3) is 3.86. The van der Waals surface area contributed by atoms with Crippen molar-refractivity contribution in [1.82, 2.24) is 9.78 Å². The van der Waals surface area contributed by atoms with Crippen LogP contribution in [0.1, 0.15) is 34.5 Å². The number of hydrogen-bond donors (Lipinski definition) is 3. The summed E-state index contributed by atoms with van der Waals surface area (Å²) in [5.41, 5.74) is 2.95. The molecule has 3 aromatic rings. The Hall–Kier alpha value is -3.39. The Morgan fingerprint density at radius 2 is 1.87 bits per heavy atom. The van der Waals surface area contributed by atoms with Gasteiger partial charge in [0.2, 0.25) is 0 Å². The fourth-order valence-corrected chi connectivity index (χ4v) is 3.57. The lowest BCUT2D eigenvalue weighted by atomic mass is 10.0. The van der Waals surface area contributed by atoms with Crippen molar-refractivity contribution in [2.24, 2.45) is 0 Å². The molecular formula is C22H19BrN4O3. The highest BCUT2D eigenvalue weighted by molar-refractivity contribution is 9.10. The van der Waals surface area contributed by atoms with Gasteiger partial charge < -0.3 is 15.7 Å². The predicted octanol–water partition coefficient (Wildman–Crippen LogP) is 4.44. The van der Waals surface area contributed by atoms with Crippen molar-refractivity contribution in [3.63, 3.8) is 0 Å². The van der Waals surface area contributed by atoms with E-state index in [0.29, 0.717) is 11.5 Å². The molecule has 1 aliphatic rings. The van der Waals surface area contributed by atoms with Crippen molar-refractivity contribution in [3.05, 3.63) is 87.7 Å². The van der Waals surface area contributed by atoms with Gasteiger partial charge in [-0.1, -0.05) is 47.1 Å². The lowest BCUT2D eigenvalue weighted by Gasteiger charge is -2.24. The number of allylic oxidation sites excluding steroid dienone is 1. The van der Waals surface area contributed by atoms with Crippen LogP contribution in [0.3, 0.4) is 0 Å². The first-order valence-electron chi connectivity index (χ1n) is 9.41. The van der Waals surface area contributed by atoms with Crippen molar-refractivity contribution < 1.29 is 14.7 Å². The molecule has 1 aromatic heterocycles. The zero-order valence-electron chi connectivity index (χ0n) is 16.1. The van der Waals surface area contributed by atoms with E-state index in [1.54, 1.807) is 10.8 Å². The van der Waals surface area contributed by atoms with Gasteiger partial charge in [0.15, 0.2) is 0 Å². The van der Waals surface area contributed by atoms with E-state index in [1.165, 1.54) is 11.8 Å². The number of nitrogens with one attached hydrogen (secondary N) is 2. The van der Waals surface area contributed by atoms with Gasteiger partial charge in [-0.2, -0.15) is 5.10 Å². The summed E-state index contributed by atoms with van der Waals surface area (Å²) in [6.07, 6.45) is 3.94. The van der Waals surface area contributed by atoms with Gasteiger partial charge in [-0.25, -0.2) is 9.48 Å². The van der Waals surface area contributed by atoms with Crippen LogP contribution in [0, 0.1) is 0 Å². The summed E-state index contributed by atoms with van der Waals surface area (Å²) in [4.78, 5) is 24.6. The molecule has 0 radical (unpaired) electrons. The molecule has 4 rings (SSSR count). The van der Waals surface area contributed by atoms with E-state index in [4.69, 9.17) is 0 Å². The van der Waals surface area contributed by atoms with Gasteiger partial charge in [-0.15, -0.1) is 0 Å². The monoisotopic (exact) mass is 466 g/mol. The minimum atomic E-state index is -1.11. The number of hydrogen-bond acceptors (Lipinski definition) is 4. The Morgan fingerprint density at radius 1 is 1.17 bits per heavy atom. The molecule has 0 saturated carbocycles. The van der Waals surface area contributed by atoms with E-state index in [1.807, 2.05) is 48.5 Å². The number of nitrogens with zero attached hydrogens (tertiary/aromatic N) is 2. The maximum Gasteiger partial charge on any atom is 0.352 e. The summed E-state index contributed by atoms with van der Waals surface area (Å²) in [6, 6.07) is 14.7. The lowest BCUT2D eigenvalue weighted by Crippen LogP contribution is -2.25. The van der Waals surface area contributed by atoms with Crippen LogP contribution in [0.2, 0.25) is 0 Å². The molecule has 1 aliphatic heterocycles. The van der Waals surface area contributed by atoms with Gasteiger partial charge in [-0.05, 0) is 47.9 Å². The molecule has 2 aromatic carbocycles. The van der Waals surface area contributed by atoms with Crippen LogP contribution in [-0.4, -0.2) is 26.8 Å². The third-order valence-electron chi connectivity index (χ3n) is 4.94. The lowest BCUT2D eigenvalue weighted by molar-refractivity contribution is -0.132. The van der Waals surface area contributed by atoms with Crippen LogP contribution in [-0.2, 0) is 11.2 Å². The fraction of sp³-hybridized carbons (Fsp3) is 0.136. The van der Waals surface area contributed by atoms with Crippen LogP contribution >= 0.6 is 15.9 Å². The van der Waals surface area contributed by atoms with E-state index in [-0.39, 0.29) is 17.2 Å². The number of aryl methyl sites for hydroxylation is 1. The first-order valence-corrected chi connectivity index (χ1v) is 10.2. The molecule has 0 aliphatic carbocycles. The number of amides is 1. The van der Waals surface area contributed by atoms with Crippen molar-refractivity contribution in [3.8, 4) is 0 Å². The van der Waals surface area contributed by atoms with E-state index in [9.17, 15) is 14.7 Å². The largest absolute Gasteiger partial charge is 0.477 e. The summed E-state index contributed by atoms with van der Waals surface area (Å²) in [6.45, 7) is 2.06. The summed E-state index contributed by atoms with van der Waals surface area (Å²) in [5.74, 6) is -1.13. The second kappa shape index (κ2) is 8.16. The molecule has 0 fully saturated rings. The highest BCUT2D eigenvalue weighted by atomic mass is 79.9. The van der Waals surface area contributed by atoms with E-state index >= 15 is 0 Å². The molecule has 0 unspecified atom stereocenters. The van der Waals surface area contributed by atoms with Crippen molar-refractivity contribution >= 4 is 39.3 Å². The van der Waals surface area contributed by atoms with Gasteiger partial charge in [0.25, 0.3) is 5.91 Å². The molecule has 0 spiro atoms. The summed E-state index contributed by atoms with van der Waals surface area (Å²) in [5, 5.41) is 19.6. The zero-order chi connectivity index (χ0) is 21.3. The molecule has 0 bridgehead atoms. The average Bonchev–Trinajstić information content (AvgIpc) is 3.18. The maximum absolute atomic E-state index is 12.9. The minimum absolute atomic E-state index is 0.00253. The molecule has 3 N–H and O–H groups in total. The normalized spacial score (nSPS) is 15.0. The Kier molecular flexibility index (Phi) is 5.41. The van der Waals surface area contributed by atoms with Gasteiger partial charge in [0, 0.05) is 10.2 Å². The van der Waals surface area contributed by atoms with Gasteiger partial charge in [0.1, 0.15) is 17.1 Å². The molecular weight excluding hydrogens is 448 g/mol. The van der Waals surface area contributed by atoms with E-state index in [0.717, 1.165) is 16.5 Å². The molecule has 30 heavy (non-hydrogen) atoms. The van der Waals surface area contributed by atoms with Gasteiger partial charge >= 0.3 is 5.97 Å². The Bertz CT molecular complexity index is 1130. The van der Waals surface area contributed by atoms with Crippen molar-refractivity contribution in [2.45, 2.75) is 19.4 Å². The number of benzene rings is 2. The third-order valence-corrected chi connectivity index (χ3v) is 5.47. The first kappa shape index (κ1) is 19.9. The van der Waals surface area contributed by atoms with Gasteiger partial charge in [0.05, 0.1) is 12.2 Å². The molecule has 152 valence electrons. The number of anilines is 2. The van der Waals surface area contributed by atoms with Crippen LogP contribution in [0.25, 0.3) is 0 Å². The standard InChI is InChI=1S/C22H19BrN4O3/c1-2-13-3-9-16(10-4-13)25-21(28)17-12-24-27-19(14-5-7-15(23)8-6-14)11-18(22(29)30)26-20(17)27/h3-12,19,26H,2H2,1H3,(H,25,28)(H,29,30)/t19-/m1/s1. The number of carboxylic acid groups (broad SMARTS) is 1. The maximum atomic E-state index is 12.9. The number of aliphatic carboxylic acids is 1. The van der Waals surface area contributed by atoms with Crippen LogP contribution in [0.5, 0.6) is 0 Å². The molecule has 1 atom stereocenters. The smallest absolute Gasteiger partial charge is 0.352 e. The first-order chi connectivity index (χ1) is 14.5. The topological polar surface area (TPSA) is 96.3 Å². The summed E-state index contributed by atoms with van der Waals surface area (Å²) < 4.78 is 2.53. The molecule has 2 heterocycles. The second-order valence-corrected chi connectivity index (χ2v) is 7.78. The molecule has 7 nitrogen and oxygen atoms in total. The number of carboxylic acids is 1. The van der Waals surface area contributed by atoms with Crippen LogP contribution in [0.15, 0.2) is 71.0 Å². The number of aromatic nitrogens is 2. The Morgan fingerprint density at radius 3 is 2.50 bits per heavy atom. The van der Waals surface area contributed by atoms with E-state index < -0.39 is 12.0 Å². The second-order valence-electron chi connectivity index (χ2n) is 6.86. The highest BCUT2D eigenvalue weighted by Gasteiger charge is 2.29. The number of halogens is 1. The highest BCUT2D eigenvalue weighted by Crippen LogP contribution is 2.33. The molecule has 8 heteroatoms. The average molecular weight is 467 g/mol. The van der Waals surface area contributed by atoms with Gasteiger partial charge in [-0.3, -0.25) is 4.79 Å². The molecule has 1 amide bonds. The fourth-order valence-electron chi connectivity index (χ4n) is 3.31. The zero-order valence-corrected chi connectivity index (χ0v) is 17.7. The summed E-state index contributed by atoms with van der Waals surface area (Å²) >= 11 is 3.40. The Labute approximate surface area is 181 Å². The van der Waals surface area contributed by atoms with E-state index in [2.05, 4.69) is 38.6 Å². The Balaban J connectivity index is 1.68. The molecule has 0 saturated heterocycles. The quantitative estimate of drug-likeness (QED) is 0.516. The number of fused-ring (bicyclic) bond motifs is 1. The van der Waals surface area contributed by atoms with Crippen molar-refractivity contribution in [1.29, 1.82) is 0 Å². The summed E-state index contributed by atoms with van der Waals surface area (Å²) in [7, 11) is 0.